The normalized spacial score (nSPS) is 12.0. The van der Waals surface area contributed by atoms with E-state index in [1.54, 1.807) is 45.0 Å². The van der Waals surface area contributed by atoms with Crippen molar-refractivity contribution in [3.63, 3.8) is 0 Å². The van der Waals surface area contributed by atoms with Crippen LogP contribution in [0.5, 0.6) is 0 Å². The van der Waals surface area contributed by atoms with E-state index in [1.165, 1.54) is 18.2 Å². The van der Waals surface area contributed by atoms with Crippen molar-refractivity contribution < 1.29 is 31.9 Å². The number of hydrogen-bond donors (Lipinski definition) is 2. The zero-order valence-electron chi connectivity index (χ0n) is 17.8. The fourth-order valence-corrected chi connectivity index (χ4v) is 2.65. The average molecular weight is 452 g/mol. The lowest BCUT2D eigenvalue weighted by Gasteiger charge is -2.19. The van der Waals surface area contributed by atoms with Gasteiger partial charge in [0, 0.05) is 18.7 Å². The number of alkyl halides is 3. The van der Waals surface area contributed by atoms with Gasteiger partial charge in [0.15, 0.2) is 0 Å². The summed E-state index contributed by atoms with van der Waals surface area (Å²) in [7, 11) is 0. The number of halogens is 4. The van der Waals surface area contributed by atoms with E-state index < -0.39 is 35.2 Å². The van der Waals surface area contributed by atoms with Crippen molar-refractivity contribution in [2.24, 2.45) is 0 Å². The average Bonchev–Trinajstić information content (AvgIpc) is 2.68. The summed E-state index contributed by atoms with van der Waals surface area (Å²) in [5.41, 5.74) is -1.11. The molecule has 5 nitrogen and oxygen atoms in total. The van der Waals surface area contributed by atoms with Gasteiger partial charge in [0.25, 0.3) is 5.91 Å². The molecule has 0 aromatic heterocycles. The summed E-state index contributed by atoms with van der Waals surface area (Å²) in [5, 5.41) is 5.17. The molecule has 0 saturated heterocycles. The highest BCUT2D eigenvalue weighted by Crippen LogP contribution is 2.32. The third-order valence-corrected chi connectivity index (χ3v) is 4.04. The molecule has 172 valence electrons. The summed E-state index contributed by atoms with van der Waals surface area (Å²) in [6, 6.07) is 9.17. The van der Waals surface area contributed by atoms with Crippen molar-refractivity contribution in [2.75, 3.05) is 13.1 Å². The van der Waals surface area contributed by atoms with Crippen molar-refractivity contribution in [1.29, 1.82) is 0 Å². The molecule has 9 heteroatoms. The van der Waals surface area contributed by atoms with Crippen LogP contribution in [0.15, 0.2) is 42.5 Å². The van der Waals surface area contributed by atoms with Crippen LogP contribution in [0, 0.1) is 5.82 Å². The maximum atomic E-state index is 13.4. The minimum absolute atomic E-state index is 0.135. The number of nitrogens with one attached hydrogen (secondary N) is 2. The number of hydrogen-bond acceptors (Lipinski definition) is 3. The number of rotatable bonds is 6. The van der Waals surface area contributed by atoms with Crippen molar-refractivity contribution >= 4 is 24.2 Å². The van der Waals surface area contributed by atoms with E-state index in [1.807, 2.05) is 0 Å². The third kappa shape index (κ3) is 7.72. The van der Waals surface area contributed by atoms with E-state index in [0.717, 1.165) is 6.07 Å². The van der Waals surface area contributed by atoms with E-state index in [4.69, 9.17) is 4.74 Å². The Kier molecular flexibility index (Phi) is 8.02. The molecular weight excluding hydrogens is 428 g/mol. The molecule has 0 unspecified atom stereocenters. The Labute approximate surface area is 183 Å². The molecule has 0 fully saturated rings. The van der Waals surface area contributed by atoms with Gasteiger partial charge in [0.05, 0.1) is 5.56 Å². The number of ether oxygens (including phenoxy) is 1. The maximum Gasteiger partial charge on any atom is 0.419 e. The molecule has 32 heavy (non-hydrogen) atoms. The van der Waals surface area contributed by atoms with Crippen LogP contribution < -0.4 is 10.6 Å². The van der Waals surface area contributed by atoms with Gasteiger partial charge in [-0.2, -0.15) is 13.2 Å². The van der Waals surface area contributed by atoms with E-state index in [-0.39, 0.29) is 18.7 Å². The number of carbonyl (C=O) groups excluding carboxylic acids is 2. The van der Waals surface area contributed by atoms with Gasteiger partial charge in [-0.1, -0.05) is 36.4 Å². The Morgan fingerprint density at radius 3 is 2.28 bits per heavy atom. The van der Waals surface area contributed by atoms with Gasteiger partial charge in [-0.05, 0) is 50.1 Å². The first-order valence-corrected chi connectivity index (χ1v) is 9.76. The molecule has 0 atom stereocenters. The smallest absolute Gasteiger partial charge is 0.419 e. The van der Waals surface area contributed by atoms with E-state index in [2.05, 4.69) is 10.6 Å². The summed E-state index contributed by atoms with van der Waals surface area (Å²) < 4.78 is 57.2. The van der Waals surface area contributed by atoms with Crippen LogP contribution in [-0.2, 0) is 10.9 Å². The minimum Gasteiger partial charge on any atom is -0.444 e. The number of amides is 2. The zero-order chi connectivity index (χ0) is 23.9. The molecular formula is C23H24F4N2O3. The molecule has 0 saturated carbocycles. The summed E-state index contributed by atoms with van der Waals surface area (Å²) >= 11 is 0. The van der Waals surface area contributed by atoms with E-state index >= 15 is 0 Å². The van der Waals surface area contributed by atoms with Gasteiger partial charge in [0.1, 0.15) is 11.4 Å². The van der Waals surface area contributed by atoms with Crippen LogP contribution in [0.2, 0.25) is 0 Å². The molecule has 0 aliphatic rings. The van der Waals surface area contributed by atoms with Gasteiger partial charge < -0.3 is 15.4 Å². The molecule has 2 amide bonds. The third-order valence-electron chi connectivity index (χ3n) is 4.04. The summed E-state index contributed by atoms with van der Waals surface area (Å²) in [5.74, 6) is -1.78. The van der Waals surface area contributed by atoms with Crippen molar-refractivity contribution in [3.05, 3.63) is 70.5 Å². The highest BCUT2D eigenvalue weighted by molar-refractivity contribution is 5.98. The second-order valence-corrected chi connectivity index (χ2v) is 7.84. The van der Waals surface area contributed by atoms with Crippen LogP contribution in [0.3, 0.4) is 0 Å². The Morgan fingerprint density at radius 2 is 1.62 bits per heavy atom. The first kappa shape index (κ1) is 24.9. The Morgan fingerprint density at radius 1 is 0.969 bits per heavy atom. The number of alkyl carbamates (subject to hydrolysis) is 1. The van der Waals surface area contributed by atoms with E-state index in [9.17, 15) is 27.2 Å². The van der Waals surface area contributed by atoms with Gasteiger partial charge in [-0.3, -0.25) is 4.79 Å². The fourth-order valence-electron chi connectivity index (χ4n) is 2.65. The van der Waals surface area contributed by atoms with Gasteiger partial charge in [0.2, 0.25) is 0 Å². The Hall–Kier alpha value is -3.36. The van der Waals surface area contributed by atoms with Crippen molar-refractivity contribution in [3.8, 4) is 0 Å². The van der Waals surface area contributed by atoms with Crippen molar-refractivity contribution in [2.45, 2.75) is 32.5 Å². The predicted octanol–water partition coefficient (Wildman–Crippen LogP) is 5.27. The second kappa shape index (κ2) is 10.3. The molecule has 0 radical (unpaired) electrons. The summed E-state index contributed by atoms with van der Waals surface area (Å²) in [6.07, 6.45) is -2.57. The molecule has 2 N–H and O–H groups in total. The van der Waals surface area contributed by atoms with Crippen LogP contribution in [0.25, 0.3) is 12.2 Å². The summed E-state index contributed by atoms with van der Waals surface area (Å²) in [4.78, 5) is 24.1. The largest absolute Gasteiger partial charge is 0.444 e. The van der Waals surface area contributed by atoms with Crippen molar-refractivity contribution in [1.82, 2.24) is 10.6 Å². The van der Waals surface area contributed by atoms with Crippen LogP contribution in [-0.4, -0.2) is 30.7 Å². The topological polar surface area (TPSA) is 67.4 Å². The molecule has 0 heterocycles. The quantitative estimate of drug-likeness (QED) is 0.357. The van der Waals surface area contributed by atoms with Gasteiger partial charge >= 0.3 is 12.3 Å². The SMILES string of the molecule is CC(C)(C)OC(=O)NCCNC(=O)c1ccccc1/C=C/c1ccc(F)c(C(F)(F)F)c1. The zero-order valence-corrected chi connectivity index (χ0v) is 17.8. The first-order valence-electron chi connectivity index (χ1n) is 9.76. The standard InChI is InChI=1S/C23H24F4N2O3/c1-22(2,3)32-21(31)29-13-12-28-20(30)17-7-5-4-6-16(17)10-8-15-9-11-19(24)18(14-15)23(25,26)27/h4-11,14H,12-13H2,1-3H3,(H,28,30)(H,29,31)/b10-8+. The first-order chi connectivity index (χ1) is 14.9. The molecule has 2 aromatic rings. The van der Waals surface area contributed by atoms with Crippen LogP contribution >= 0.6 is 0 Å². The Bertz CT molecular complexity index is 995. The highest BCUT2D eigenvalue weighted by Gasteiger charge is 2.34. The van der Waals surface area contributed by atoms with Crippen LogP contribution in [0.1, 0.15) is 47.8 Å². The van der Waals surface area contributed by atoms with Crippen LogP contribution in [0.4, 0.5) is 22.4 Å². The molecule has 0 bridgehead atoms. The molecule has 2 aromatic carbocycles. The second-order valence-electron chi connectivity index (χ2n) is 7.84. The number of carbonyl (C=O) groups is 2. The molecule has 2 rings (SSSR count). The lowest BCUT2D eigenvalue weighted by atomic mass is 10.0. The minimum atomic E-state index is -4.81. The Balaban J connectivity index is 2.03. The molecule has 0 aliphatic carbocycles. The van der Waals surface area contributed by atoms with Gasteiger partial charge in [-0.25, -0.2) is 9.18 Å². The molecule has 0 aliphatic heterocycles. The van der Waals surface area contributed by atoms with E-state index in [0.29, 0.717) is 17.2 Å². The maximum absolute atomic E-state index is 13.4. The monoisotopic (exact) mass is 452 g/mol. The highest BCUT2D eigenvalue weighted by atomic mass is 19.4. The lowest BCUT2D eigenvalue weighted by Crippen LogP contribution is -2.38. The fraction of sp³-hybridized carbons (Fsp3) is 0.304. The molecule has 0 spiro atoms. The lowest BCUT2D eigenvalue weighted by molar-refractivity contribution is -0.140. The summed E-state index contributed by atoms with van der Waals surface area (Å²) in [6.45, 7) is 5.48. The van der Waals surface area contributed by atoms with Gasteiger partial charge in [-0.15, -0.1) is 0 Å². The number of benzene rings is 2. The predicted molar refractivity (Wildman–Crippen MR) is 113 cm³/mol.